The molecular weight excluding hydrogens is 250 g/mol. The lowest BCUT2D eigenvalue weighted by molar-refractivity contribution is -0.148. The van der Waals surface area contributed by atoms with E-state index in [2.05, 4.69) is 25.2 Å². The Bertz CT molecular complexity index is 436. The maximum absolute atomic E-state index is 6.08. The zero-order chi connectivity index (χ0) is 14.0. The monoisotopic (exact) mass is 277 g/mol. The summed E-state index contributed by atoms with van der Waals surface area (Å²) in [4.78, 5) is 0. The highest BCUT2D eigenvalue weighted by Gasteiger charge is 2.45. The van der Waals surface area contributed by atoms with Gasteiger partial charge in [0.05, 0.1) is 17.9 Å². The summed E-state index contributed by atoms with van der Waals surface area (Å²) < 4.78 is 11.9. The number of nitrogens with one attached hydrogen (secondary N) is 1. The molecule has 2 heterocycles. The molecule has 2 aliphatic rings. The van der Waals surface area contributed by atoms with Gasteiger partial charge in [-0.05, 0) is 69.5 Å². The lowest BCUT2D eigenvalue weighted by Gasteiger charge is -2.48. The molecule has 0 amide bonds. The molecule has 1 aromatic heterocycles. The van der Waals surface area contributed by atoms with Crippen LogP contribution >= 0.6 is 0 Å². The molecule has 1 N–H and O–H groups in total. The first kappa shape index (κ1) is 14.2. The van der Waals surface area contributed by atoms with Crippen LogP contribution in [0.15, 0.2) is 16.7 Å². The van der Waals surface area contributed by atoms with Crippen LogP contribution in [0, 0.1) is 12.8 Å². The molecule has 2 unspecified atom stereocenters. The third kappa shape index (κ3) is 2.66. The Hall–Kier alpha value is -0.800. The van der Waals surface area contributed by atoms with Gasteiger partial charge >= 0.3 is 0 Å². The van der Waals surface area contributed by atoms with Crippen LogP contribution < -0.4 is 5.32 Å². The van der Waals surface area contributed by atoms with Gasteiger partial charge in [-0.15, -0.1) is 0 Å². The van der Waals surface area contributed by atoms with Gasteiger partial charge in [0, 0.05) is 6.61 Å². The predicted octanol–water partition coefficient (Wildman–Crippen LogP) is 3.98. The Labute approximate surface area is 122 Å². The number of hydrogen-bond acceptors (Lipinski definition) is 3. The molecule has 112 valence electrons. The molecule has 2 fully saturated rings. The van der Waals surface area contributed by atoms with E-state index in [0.29, 0.717) is 12.0 Å². The Balaban J connectivity index is 1.76. The van der Waals surface area contributed by atoms with Gasteiger partial charge in [0.1, 0.15) is 5.76 Å². The number of rotatable bonds is 5. The lowest BCUT2D eigenvalue weighted by atomic mass is 9.70. The first-order chi connectivity index (χ1) is 9.74. The summed E-state index contributed by atoms with van der Waals surface area (Å²) in [6.07, 6.45) is 9.15. The van der Waals surface area contributed by atoms with Crippen molar-refractivity contribution in [2.45, 2.75) is 64.0 Å². The molecule has 1 aromatic rings. The van der Waals surface area contributed by atoms with Crippen molar-refractivity contribution in [3.63, 3.8) is 0 Å². The molecule has 1 spiro atoms. The minimum atomic E-state index is 0.204. The van der Waals surface area contributed by atoms with E-state index in [1.165, 1.54) is 31.2 Å². The smallest absolute Gasteiger partial charge is 0.123 e. The minimum absolute atomic E-state index is 0.204. The summed E-state index contributed by atoms with van der Waals surface area (Å²) in [7, 11) is 0. The van der Waals surface area contributed by atoms with Gasteiger partial charge in [-0.2, -0.15) is 0 Å². The van der Waals surface area contributed by atoms with Crippen molar-refractivity contribution < 1.29 is 9.15 Å². The van der Waals surface area contributed by atoms with E-state index in [4.69, 9.17) is 9.15 Å². The maximum Gasteiger partial charge on any atom is 0.123 e. The van der Waals surface area contributed by atoms with Crippen LogP contribution in [0.4, 0.5) is 0 Å². The number of furan rings is 1. The molecule has 1 saturated heterocycles. The zero-order valence-corrected chi connectivity index (χ0v) is 12.8. The molecule has 3 rings (SSSR count). The van der Waals surface area contributed by atoms with Crippen molar-refractivity contribution >= 4 is 0 Å². The molecular formula is C17H27NO2. The summed E-state index contributed by atoms with van der Waals surface area (Å²) in [5.41, 5.74) is 1.47. The highest BCUT2D eigenvalue weighted by Crippen LogP contribution is 2.47. The molecule has 0 aromatic carbocycles. The van der Waals surface area contributed by atoms with Gasteiger partial charge in [-0.1, -0.05) is 6.92 Å². The molecule has 0 bridgehead atoms. The molecule has 1 aliphatic heterocycles. The van der Waals surface area contributed by atoms with Crippen molar-refractivity contribution in [2.24, 2.45) is 5.92 Å². The highest BCUT2D eigenvalue weighted by atomic mass is 16.5. The molecule has 3 heteroatoms. The highest BCUT2D eigenvalue weighted by molar-refractivity contribution is 5.19. The van der Waals surface area contributed by atoms with Crippen LogP contribution in [0.25, 0.3) is 0 Å². The number of aryl methyl sites for hydroxylation is 1. The molecule has 20 heavy (non-hydrogen) atoms. The second kappa shape index (κ2) is 5.90. The molecule has 3 nitrogen and oxygen atoms in total. The Kier molecular flexibility index (Phi) is 4.18. The van der Waals surface area contributed by atoms with Gasteiger partial charge in [-0.25, -0.2) is 0 Å². The fourth-order valence-corrected chi connectivity index (χ4v) is 3.75. The number of hydrogen-bond donors (Lipinski definition) is 1. The fraction of sp³-hybridized carbons (Fsp3) is 0.765. The normalized spacial score (nSPS) is 26.4. The van der Waals surface area contributed by atoms with E-state index >= 15 is 0 Å². The van der Waals surface area contributed by atoms with Crippen molar-refractivity contribution in [2.75, 3.05) is 13.2 Å². The van der Waals surface area contributed by atoms with E-state index < -0.39 is 0 Å². The second-order valence-electron chi connectivity index (χ2n) is 6.54. The molecule has 1 saturated carbocycles. The topological polar surface area (TPSA) is 34.4 Å². The molecule has 2 atom stereocenters. The first-order valence-corrected chi connectivity index (χ1v) is 8.15. The van der Waals surface area contributed by atoms with Crippen LogP contribution in [-0.2, 0) is 4.74 Å². The van der Waals surface area contributed by atoms with Crippen LogP contribution in [-0.4, -0.2) is 18.8 Å². The first-order valence-electron chi connectivity index (χ1n) is 8.15. The van der Waals surface area contributed by atoms with Gasteiger partial charge in [-0.3, -0.25) is 0 Å². The van der Waals surface area contributed by atoms with E-state index in [1.54, 1.807) is 0 Å². The van der Waals surface area contributed by atoms with Crippen molar-refractivity contribution in [1.29, 1.82) is 0 Å². The summed E-state index contributed by atoms with van der Waals surface area (Å²) in [6, 6.07) is 2.43. The third-order valence-electron chi connectivity index (χ3n) is 5.07. The van der Waals surface area contributed by atoms with Crippen molar-refractivity contribution in [3.8, 4) is 0 Å². The predicted molar refractivity (Wildman–Crippen MR) is 79.7 cm³/mol. The summed E-state index contributed by atoms with van der Waals surface area (Å²) in [5.74, 6) is 1.78. The van der Waals surface area contributed by atoms with Crippen LogP contribution in [0.3, 0.4) is 0 Å². The van der Waals surface area contributed by atoms with Gasteiger partial charge in [0.25, 0.3) is 0 Å². The Morgan fingerprint density at radius 3 is 2.90 bits per heavy atom. The Morgan fingerprint density at radius 2 is 2.30 bits per heavy atom. The van der Waals surface area contributed by atoms with E-state index in [1.807, 2.05) is 6.26 Å². The second-order valence-corrected chi connectivity index (χ2v) is 6.54. The zero-order valence-electron chi connectivity index (χ0n) is 12.8. The van der Waals surface area contributed by atoms with Gasteiger partial charge in [0.15, 0.2) is 0 Å². The minimum Gasteiger partial charge on any atom is -0.467 e. The summed E-state index contributed by atoms with van der Waals surface area (Å²) in [5, 5.41) is 3.72. The molecule has 0 radical (unpaired) electrons. The van der Waals surface area contributed by atoms with Crippen LogP contribution in [0.1, 0.15) is 62.8 Å². The lowest BCUT2D eigenvalue weighted by Crippen LogP contribution is -2.48. The van der Waals surface area contributed by atoms with E-state index in [-0.39, 0.29) is 5.60 Å². The average Bonchev–Trinajstić information content (AvgIpc) is 2.84. The largest absolute Gasteiger partial charge is 0.467 e. The Morgan fingerprint density at radius 1 is 1.45 bits per heavy atom. The quantitative estimate of drug-likeness (QED) is 0.884. The standard InChI is InChI=1S/C17H27NO2/c1-3-9-18-15(16-13(2)5-10-19-16)14-6-11-20-17(12-14)7-4-8-17/h5,10,14-15,18H,3-4,6-9,11-12H2,1-2H3. The summed E-state index contributed by atoms with van der Waals surface area (Å²) in [6.45, 7) is 6.33. The average molecular weight is 277 g/mol. The molecule has 1 aliphatic carbocycles. The van der Waals surface area contributed by atoms with Gasteiger partial charge < -0.3 is 14.5 Å². The third-order valence-corrected chi connectivity index (χ3v) is 5.07. The van der Waals surface area contributed by atoms with Crippen molar-refractivity contribution in [1.82, 2.24) is 5.32 Å². The van der Waals surface area contributed by atoms with Crippen LogP contribution in [0.2, 0.25) is 0 Å². The fourth-order valence-electron chi connectivity index (χ4n) is 3.75. The number of ether oxygens (including phenoxy) is 1. The van der Waals surface area contributed by atoms with E-state index in [0.717, 1.165) is 31.8 Å². The van der Waals surface area contributed by atoms with Crippen molar-refractivity contribution in [3.05, 3.63) is 23.7 Å². The van der Waals surface area contributed by atoms with Crippen LogP contribution in [0.5, 0.6) is 0 Å². The maximum atomic E-state index is 6.08. The van der Waals surface area contributed by atoms with E-state index in [9.17, 15) is 0 Å². The SMILES string of the molecule is CCCNC(c1occc1C)C1CCOC2(CCC2)C1. The summed E-state index contributed by atoms with van der Waals surface area (Å²) >= 11 is 0. The van der Waals surface area contributed by atoms with Gasteiger partial charge in [0.2, 0.25) is 0 Å².